The fraction of sp³-hybridized carbons (Fsp3) is 0.0714. The highest BCUT2D eigenvalue weighted by Gasteiger charge is 2.08. The Hall–Kier alpha value is -1.39. The Morgan fingerprint density at radius 3 is 2.74 bits per heavy atom. The predicted octanol–water partition coefficient (Wildman–Crippen LogP) is 4.42. The fourth-order valence-corrected chi connectivity index (χ4v) is 2.16. The number of halogens is 3. The van der Waals surface area contributed by atoms with Gasteiger partial charge in [-0.05, 0) is 35.9 Å². The molecule has 0 fully saturated rings. The number of carbonyl (C=O) groups is 1. The highest BCUT2D eigenvalue weighted by Crippen LogP contribution is 2.19. The van der Waals surface area contributed by atoms with E-state index in [1.165, 1.54) is 12.1 Å². The van der Waals surface area contributed by atoms with Gasteiger partial charge in [0.15, 0.2) is 0 Å². The Labute approximate surface area is 123 Å². The summed E-state index contributed by atoms with van der Waals surface area (Å²) in [6.07, 6.45) is 0.149. The zero-order valence-corrected chi connectivity index (χ0v) is 12.1. The largest absolute Gasteiger partial charge is 0.323 e. The molecule has 0 atom stereocenters. The summed E-state index contributed by atoms with van der Waals surface area (Å²) < 4.78 is 14.2. The molecule has 1 N–H and O–H groups in total. The van der Waals surface area contributed by atoms with E-state index in [-0.39, 0.29) is 18.0 Å². The molecule has 2 aromatic carbocycles. The Morgan fingerprint density at radius 2 is 2.05 bits per heavy atom. The first-order valence-corrected chi connectivity index (χ1v) is 6.71. The monoisotopic (exact) mass is 341 g/mol. The van der Waals surface area contributed by atoms with Crippen molar-refractivity contribution in [2.45, 2.75) is 6.42 Å². The molecule has 0 aliphatic rings. The van der Waals surface area contributed by atoms with Crippen LogP contribution in [0.25, 0.3) is 0 Å². The molecule has 0 aromatic heterocycles. The van der Waals surface area contributed by atoms with Crippen LogP contribution in [-0.2, 0) is 11.2 Å². The molecule has 2 aromatic rings. The smallest absolute Gasteiger partial charge is 0.228 e. The van der Waals surface area contributed by atoms with E-state index in [9.17, 15) is 9.18 Å². The zero-order valence-electron chi connectivity index (χ0n) is 9.79. The quantitative estimate of drug-likeness (QED) is 0.879. The molecule has 5 heteroatoms. The van der Waals surface area contributed by atoms with E-state index in [0.717, 1.165) is 5.56 Å². The molecule has 2 nitrogen and oxygen atoms in total. The minimum atomic E-state index is -0.478. The van der Waals surface area contributed by atoms with E-state index >= 15 is 0 Å². The first kappa shape index (κ1) is 14.0. The maximum Gasteiger partial charge on any atom is 0.228 e. The molecule has 0 spiro atoms. The number of hydrogen-bond acceptors (Lipinski definition) is 1. The molecule has 0 bridgehead atoms. The first-order chi connectivity index (χ1) is 9.04. The van der Waals surface area contributed by atoms with Gasteiger partial charge in [-0.3, -0.25) is 4.79 Å². The minimum Gasteiger partial charge on any atom is -0.323 e. The topological polar surface area (TPSA) is 29.1 Å². The van der Waals surface area contributed by atoms with Gasteiger partial charge in [0.25, 0.3) is 0 Å². The summed E-state index contributed by atoms with van der Waals surface area (Å²) in [5.41, 5.74) is 0.942. The molecule has 0 heterocycles. The summed E-state index contributed by atoms with van der Waals surface area (Å²) >= 11 is 8.99. The van der Waals surface area contributed by atoms with Gasteiger partial charge in [-0.1, -0.05) is 39.7 Å². The summed E-state index contributed by atoms with van der Waals surface area (Å²) in [7, 11) is 0. The molecular formula is C14H10BrClFNO. The van der Waals surface area contributed by atoms with Crippen LogP contribution in [0.3, 0.4) is 0 Å². The summed E-state index contributed by atoms with van der Waals surface area (Å²) in [6, 6.07) is 11.5. The molecule has 0 saturated carbocycles. The van der Waals surface area contributed by atoms with Crippen LogP contribution >= 0.6 is 27.5 Å². The van der Waals surface area contributed by atoms with Gasteiger partial charge < -0.3 is 5.32 Å². The molecular weight excluding hydrogens is 333 g/mol. The fourth-order valence-electron chi connectivity index (χ4n) is 1.62. The van der Waals surface area contributed by atoms with E-state index in [1.807, 2.05) is 0 Å². The van der Waals surface area contributed by atoms with Crippen molar-refractivity contribution in [2.24, 2.45) is 0 Å². The highest BCUT2D eigenvalue weighted by atomic mass is 79.9. The third-order valence-corrected chi connectivity index (χ3v) is 3.19. The molecule has 0 saturated heterocycles. The Kier molecular flexibility index (Phi) is 4.56. The van der Waals surface area contributed by atoms with Crippen LogP contribution in [0.4, 0.5) is 10.1 Å². The van der Waals surface area contributed by atoms with E-state index in [0.29, 0.717) is 9.50 Å². The molecule has 1 amide bonds. The van der Waals surface area contributed by atoms with Crippen LogP contribution in [0.5, 0.6) is 0 Å². The molecule has 0 radical (unpaired) electrons. The van der Waals surface area contributed by atoms with Crippen molar-refractivity contribution >= 4 is 39.1 Å². The van der Waals surface area contributed by atoms with Crippen molar-refractivity contribution in [2.75, 3.05) is 5.32 Å². The predicted molar refractivity (Wildman–Crippen MR) is 77.9 cm³/mol. The second-order valence-electron chi connectivity index (χ2n) is 3.98. The van der Waals surface area contributed by atoms with Gasteiger partial charge in [-0.15, -0.1) is 0 Å². The number of rotatable bonds is 3. The third kappa shape index (κ3) is 4.04. The van der Waals surface area contributed by atoms with Crippen molar-refractivity contribution in [3.05, 3.63) is 63.3 Å². The van der Waals surface area contributed by atoms with Crippen molar-refractivity contribution in [1.82, 2.24) is 0 Å². The average Bonchev–Trinajstić information content (AvgIpc) is 2.33. The van der Waals surface area contributed by atoms with Crippen molar-refractivity contribution in [3.63, 3.8) is 0 Å². The van der Waals surface area contributed by atoms with Gasteiger partial charge in [-0.25, -0.2) is 4.39 Å². The lowest BCUT2D eigenvalue weighted by molar-refractivity contribution is -0.115. The number of nitrogens with one attached hydrogen (secondary N) is 1. The number of amides is 1. The second kappa shape index (κ2) is 6.17. The van der Waals surface area contributed by atoms with Gasteiger partial charge in [0.05, 0.1) is 12.1 Å². The molecule has 19 heavy (non-hydrogen) atoms. The summed E-state index contributed by atoms with van der Waals surface area (Å²) in [4.78, 5) is 11.8. The van der Waals surface area contributed by atoms with Crippen LogP contribution in [0.2, 0.25) is 5.02 Å². The van der Waals surface area contributed by atoms with Crippen LogP contribution in [0, 0.1) is 5.82 Å². The Bertz CT molecular complexity index is 618. The number of carbonyl (C=O) groups excluding carboxylic acids is 1. The number of hydrogen-bond donors (Lipinski definition) is 1. The first-order valence-electron chi connectivity index (χ1n) is 5.54. The van der Waals surface area contributed by atoms with Gasteiger partial charge in [0.2, 0.25) is 5.91 Å². The van der Waals surface area contributed by atoms with Crippen LogP contribution in [0.1, 0.15) is 5.56 Å². The molecule has 0 aliphatic carbocycles. The SMILES string of the molecule is O=C(Cc1cccc(Cl)c1)Nc1ccc(Br)cc1F. The Balaban J connectivity index is 2.05. The zero-order chi connectivity index (χ0) is 13.8. The molecule has 2 rings (SSSR count). The number of anilines is 1. The Morgan fingerprint density at radius 1 is 1.26 bits per heavy atom. The van der Waals surface area contributed by atoms with Crippen molar-refractivity contribution in [1.29, 1.82) is 0 Å². The molecule has 0 unspecified atom stereocenters. The van der Waals surface area contributed by atoms with Gasteiger partial charge >= 0.3 is 0 Å². The van der Waals surface area contributed by atoms with E-state index in [1.54, 1.807) is 30.3 Å². The highest BCUT2D eigenvalue weighted by molar-refractivity contribution is 9.10. The van der Waals surface area contributed by atoms with Crippen molar-refractivity contribution in [3.8, 4) is 0 Å². The number of benzene rings is 2. The molecule has 0 aliphatic heterocycles. The van der Waals surface area contributed by atoms with Gasteiger partial charge in [-0.2, -0.15) is 0 Å². The lowest BCUT2D eigenvalue weighted by Gasteiger charge is -2.07. The molecule has 98 valence electrons. The lowest BCUT2D eigenvalue weighted by Crippen LogP contribution is -2.15. The maximum atomic E-state index is 13.5. The summed E-state index contributed by atoms with van der Waals surface area (Å²) in [5.74, 6) is -0.766. The normalized spacial score (nSPS) is 10.3. The standard InChI is InChI=1S/C14H10BrClFNO/c15-10-4-5-13(12(17)8-10)18-14(19)7-9-2-1-3-11(16)6-9/h1-6,8H,7H2,(H,18,19). The van der Waals surface area contributed by atoms with E-state index in [4.69, 9.17) is 11.6 Å². The van der Waals surface area contributed by atoms with E-state index in [2.05, 4.69) is 21.2 Å². The van der Waals surface area contributed by atoms with Crippen molar-refractivity contribution < 1.29 is 9.18 Å². The van der Waals surface area contributed by atoms with Crippen LogP contribution < -0.4 is 5.32 Å². The summed E-state index contributed by atoms with van der Waals surface area (Å²) in [5, 5.41) is 3.10. The van der Waals surface area contributed by atoms with Gasteiger partial charge in [0.1, 0.15) is 5.82 Å². The third-order valence-electron chi connectivity index (χ3n) is 2.46. The van der Waals surface area contributed by atoms with Gasteiger partial charge in [0, 0.05) is 9.50 Å². The van der Waals surface area contributed by atoms with Crippen LogP contribution in [0.15, 0.2) is 46.9 Å². The lowest BCUT2D eigenvalue weighted by atomic mass is 10.1. The van der Waals surface area contributed by atoms with E-state index < -0.39 is 5.82 Å². The summed E-state index contributed by atoms with van der Waals surface area (Å²) in [6.45, 7) is 0. The second-order valence-corrected chi connectivity index (χ2v) is 5.33. The minimum absolute atomic E-state index is 0.149. The average molecular weight is 343 g/mol. The van der Waals surface area contributed by atoms with Crippen LogP contribution in [-0.4, -0.2) is 5.91 Å². The maximum absolute atomic E-state index is 13.5.